The van der Waals surface area contributed by atoms with Crippen molar-refractivity contribution >= 4 is 23.1 Å². The third kappa shape index (κ3) is 4.06. The first-order valence-electron chi connectivity index (χ1n) is 9.23. The normalized spacial score (nSPS) is 11.1. The Bertz CT molecular complexity index is 1260. The molecule has 0 aliphatic carbocycles. The Labute approximate surface area is 175 Å². The van der Waals surface area contributed by atoms with Gasteiger partial charge in [-0.25, -0.2) is 9.37 Å². The molecule has 0 fully saturated rings. The number of nitrogens with zero attached hydrogens (tertiary/aromatic N) is 3. The van der Waals surface area contributed by atoms with E-state index < -0.39 is 11.7 Å². The van der Waals surface area contributed by atoms with Crippen molar-refractivity contribution in [1.82, 2.24) is 19.7 Å². The fourth-order valence-electron chi connectivity index (χ4n) is 2.85. The fourth-order valence-corrected chi connectivity index (χ4v) is 3.54. The van der Waals surface area contributed by atoms with Crippen LogP contribution in [0.4, 0.5) is 10.2 Å². The third-order valence-electron chi connectivity index (χ3n) is 4.35. The van der Waals surface area contributed by atoms with E-state index >= 15 is 0 Å². The Morgan fingerprint density at radius 1 is 1.20 bits per heavy atom. The maximum absolute atomic E-state index is 13.5. The predicted octanol–water partition coefficient (Wildman–Crippen LogP) is 4.20. The molecule has 3 heterocycles. The van der Waals surface area contributed by atoms with Gasteiger partial charge in [-0.1, -0.05) is 26.0 Å². The first-order valence-corrected chi connectivity index (χ1v) is 10.1. The minimum atomic E-state index is -0.508. The molecule has 9 heteroatoms. The Hall–Kier alpha value is -3.59. The molecule has 0 saturated carbocycles. The summed E-state index contributed by atoms with van der Waals surface area (Å²) in [5.74, 6) is -0.495. The summed E-state index contributed by atoms with van der Waals surface area (Å²) in [6.45, 7) is 3.86. The van der Waals surface area contributed by atoms with Crippen molar-refractivity contribution in [3.05, 3.63) is 81.3 Å². The van der Waals surface area contributed by atoms with Crippen molar-refractivity contribution in [3.63, 3.8) is 0 Å². The van der Waals surface area contributed by atoms with Gasteiger partial charge < -0.3 is 5.32 Å². The Morgan fingerprint density at radius 2 is 2.03 bits per heavy atom. The van der Waals surface area contributed by atoms with E-state index in [9.17, 15) is 14.0 Å². The average molecular weight is 423 g/mol. The van der Waals surface area contributed by atoms with Crippen LogP contribution in [0.2, 0.25) is 0 Å². The first kappa shape index (κ1) is 19.7. The molecule has 4 rings (SSSR count). The molecule has 0 radical (unpaired) electrons. The van der Waals surface area contributed by atoms with Gasteiger partial charge in [-0.05, 0) is 35.6 Å². The van der Waals surface area contributed by atoms with Gasteiger partial charge in [0.15, 0.2) is 0 Å². The Morgan fingerprint density at radius 3 is 2.73 bits per heavy atom. The van der Waals surface area contributed by atoms with E-state index in [0.29, 0.717) is 17.2 Å². The lowest BCUT2D eigenvalue weighted by Gasteiger charge is -2.10. The summed E-state index contributed by atoms with van der Waals surface area (Å²) >= 11 is 1.49. The van der Waals surface area contributed by atoms with Crippen LogP contribution in [0.5, 0.6) is 0 Å². The third-order valence-corrected chi connectivity index (χ3v) is 5.24. The van der Waals surface area contributed by atoms with E-state index in [4.69, 9.17) is 0 Å². The van der Waals surface area contributed by atoms with Crippen molar-refractivity contribution < 1.29 is 9.18 Å². The van der Waals surface area contributed by atoms with Crippen LogP contribution in [0, 0.1) is 5.82 Å². The quantitative estimate of drug-likeness (QED) is 0.503. The smallest absolute Gasteiger partial charge is 0.256 e. The number of carbonyl (C=O) groups excluding carboxylic acids is 1. The fraction of sp³-hybridized carbons (Fsp3) is 0.143. The SMILES string of the molecule is CC(C)c1cc(=O)[nH]c(-n2nc(-c3cccs3)cc2NC(=O)c2cccc(F)c2)n1. The van der Waals surface area contributed by atoms with Gasteiger partial charge in [0.2, 0.25) is 5.95 Å². The summed E-state index contributed by atoms with van der Waals surface area (Å²) < 4.78 is 14.9. The molecule has 2 N–H and O–H groups in total. The lowest BCUT2D eigenvalue weighted by atomic mass is 10.1. The maximum Gasteiger partial charge on any atom is 0.256 e. The highest BCUT2D eigenvalue weighted by atomic mass is 32.1. The molecule has 3 aromatic heterocycles. The summed E-state index contributed by atoms with van der Waals surface area (Å²) in [5.41, 5.74) is 1.05. The number of anilines is 1. The van der Waals surface area contributed by atoms with Gasteiger partial charge in [-0.3, -0.25) is 14.6 Å². The van der Waals surface area contributed by atoms with E-state index in [1.807, 2.05) is 31.4 Å². The first-order chi connectivity index (χ1) is 14.4. The number of nitrogens with one attached hydrogen (secondary N) is 2. The van der Waals surface area contributed by atoms with Crippen molar-refractivity contribution in [1.29, 1.82) is 0 Å². The molecular formula is C21H18FN5O2S. The van der Waals surface area contributed by atoms with Crippen LogP contribution in [0.25, 0.3) is 16.5 Å². The van der Waals surface area contributed by atoms with E-state index in [-0.39, 0.29) is 23.0 Å². The van der Waals surface area contributed by atoms with Crippen LogP contribution in [-0.4, -0.2) is 25.7 Å². The Balaban J connectivity index is 1.80. The zero-order valence-corrected chi connectivity index (χ0v) is 17.0. The second kappa shape index (κ2) is 8.03. The average Bonchev–Trinajstić information content (AvgIpc) is 3.37. The van der Waals surface area contributed by atoms with Crippen LogP contribution in [0.3, 0.4) is 0 Å². The zero-order chi connectivity index (χ0) is 21.3. The monoisotopic (exact) mass is 423 g/mol. The zero-order valence-electron chi connectivity index (χ0n) is 16.2. The van der Waals surface area contributed by atoms with Crippen LogP contribution < -0.4 is 10.9 Å². The van der Waals surface area contributed by atoms with Crippen molar-refractivity contribution in [2.75, 3.05) is 5.32 Å². The molecule has 0 unspecified atom stereocenters. The predicted molar refractivity (Wildman–Crippen MR) is 114 cm³/mol. The molecule has 1 amide bonds. The number of amides is 1. The summed E-state index contributed by atoms with van der Waals surface area (Å²) in [4.78, 5) is 32.9. The van der Waals surface area contributed by atoms with Crippen LogP contribution in [0.1, 0.15) is 35.8 Å². The number of hydrogen-bond acceptors (Lipinski definition) is 5. The number of benzene rings is 1. The number of halogens is 1. The standard InChI is InChI=1S/C21H18FN5O2S/c1-12(2)15-11-19(28)25-21(23-15)27-18(10-16(26-27)17-7-4-8-30-17)24-20(29)13-5-3-6-14(22)9-13/h3-12H,1-2H3,(H,24,29)(H,23,25,28). The molecule has 7 nitrogen and oxygen atoms in total. The second-order valence-corrected chi connectivity index (χ2v) is 7.86. The molecule has 152 valence electrons. The molecule has 0 aliphatic heterocycles. The lowest BCUT2D eigenvalue weighted by Crippen LogP contribution is -2.19. The number of aromatic amines is 1. The molecule has 4 aromatic rings. The van der Waals surface area contributed by atoms with Gasteiger partial charge in [0.1, 0.15) is 17.3 Å². The molecule has 0 saturated heterocycles. The van der Waals surface area contributed by atoms with E-state index in [1.54, 1.807) is 6.07 Å². The molecule has 0 atom stereocenters. The number of aromatic nitrogens is 4. The number of rotatable bonds is 5. The molecule has 0 spiro atoms. The number of H-pyrrole nitrogens is 1. The van der Waals surface area contributed by atoms with E-state index in [0.717, 1.165) is 10.9 Å². The van der Waals surface area contributed by atoms with Crippen molar-refractivity contribution in [3.8, 4) is 16.5 Å². The lowest BCUT2D eigenvalue weighted by molar-refractivity contribution is 0.102. The molecule has 0 bridgehead atoms. The highest BCUT2D eigenvalue weighted by molar-refractivity contribution is 7.13. The number of hydrogen-bond donors (Lipinski definition) is 2. The summed E-state index contributed by atoms with van der Waals surface area (Å²) in [5, 5.41) is 9.19. The van der Waals surface area contributed by atoms with Gasteiger partial charge in [-0.15, -0.1) is 11.3 Å². The number of carbonyl (C=O) groups is 1. The maximum atomic E-state index is 13.5. The van der Waals surface area contributed by atoms with Crippen LogP contribution in [-0.2, 0) is 0 Å². The molecular weight excluding hydrogens is 405 g/mol. The van der Waals surface area contributed by atoms with E-state index in [1.165, 1.54) is 40.3 Å². The van der Waals surface area contributed by atoms with Crippen molar-refractivity contribution in [2.45, 2.75) is 19.8 Å². The van der Waals surface area contributed by atoms with Gasteiger partial charge in [-0.2, -0.15) is 9.78 Å². The van der Waals surface area contributed by atoms with Gasteiger partial charge in [0, 0.05) is 17.7 Å². The van der Waals surface area contributed by atoms with E-state index in [2.05, 4.69) is 20.4 Å². The second-order valence-electron chi connectivity index (χ2n) is 6.92. The Kier molecular flexibility index (Phi) is 5.28. The minimum absolute atomic E-state index is 0.0312. The summed E-state index contributed by atoms with van der Waals surface area (Å²) in [6, 6.07) is 12.3. The highest BCUT2D eigenvalue weighted by Crippen LogP contribution is 2.27. The molecule has 1 aromatic carbocycles. The van der Waals surface area contributed by atoms with Crippen LogP contribution >= 0.6 is 11.3 Å². The highest BCUT2D eigenvalue weighted by Gasteiger charge is 2.18. The minimum Gasteiger partial charge on any atom is -0.306 e. The van der Waals surface area contributed by atoms with Gasteiger partial charge >= 0.3 is 0 Å². The topological polar surface area (TPSA) is 92.7 Å². The van der Waals surface area contributed by atoms with Crippen molar-refractivity contribution in [2.24, 2.45) is 0 Å². The van der Waals surface area contributed by atoms with Gasteiger partial charge in [0.25, 0.3) is 11.5 Å². The van der Waals surface area contributed by atoms with Gasteiger partial charge in [0.05, 0.1) is 10.6 Å². The summed E-state index contributed by atoms with van der Waals surface area (Å²) in [6.07, 6.45) is 0. The molecule has 30 heavy (non-hydrogen) atoms. The summed E-state index contributed by atoms with van der Waals surface area (Å²) in [7, 11) is 0. The molecule has 0 aliphatic rings. The number of thiophene rings is 1. The largest absolute Gasteiger partial charge is 0.306 e. The van der Waals surface area contributed by atoms with Crippen LogP contribution in [0.15, 0.2) is 58.7 Å².